The molecule has 0 aliphatic rings. The molecule has 0 spiro atoms. The summed E-state index contributed by atoms with van der Waals surface area (Å²) in [5.74, 6) is 0.665. The maximum absolute atomic E-state index is 10.4. The van der Waals surface area contributed by atoms with Crippen LogP contribution in [-0.2, 0) is 0 Å². The topological polar surface area (TPSA) is 52.4 Å². The molecule has 0 aliphatic carbocycles. The predicted molar refractivity (Wildman–Crippen MR) is 51.4 cm³/mol. The number of methoxy groups -OCH3 is 1. The van der Waals surface area contributed by atoms with Crippen molar-refractivity contribution in [3.63, 3.8) is 0 Å². The fourth-order valence-electron chi connectivity index (χ4n) is 0.938. The van der Waals surface area contributed by atoms with Crippen molar-refractivity contribution in [2.45, 2.75) is 4.90 Å². The van der Waals surface area contributed by atoms with Gasteiger partial charge in [0.25, 0.3) is 5.69 Å². The van der Waals surface area contributed by atoms with E-state index >= 15 is 0 Å². The van der Waals surface area contributed by atoms with Gasteiger partial charge in [0.2, 0.25) is 0 Å². The Morgan fingerprint density at radius 3 is 2.69 bits per heavy atom. The van der Waals surface area contributed by atoms with Gasteiger partial charge in [0.05, 0.1) is 16.9 Å². The second kappa shape index (κ2) is 4.13. The first-order chi connectivity index (χ1) is 6.19. The zero-order valence-corrected chi connectivity index (χ0v) is 8.13. The SMILES string of the molecule is COc1ccc([N+](=O)[O-])cc1SC. The van der Waals surface area contributed by atoms with Gasteiger partial charge in [-0.15, -0.1) is 11.8 Å². The lowest BCUT2D eigenvalue weighted by atomic mass is 10.3. The van der Waals surface area contributed by atoms with E-state index in [1.807, 2.05) is 6.26 Å². The van der Waals surface area contributed by atoms with Crippen molar-refractivity contribution in [2.24, 2.45) is 0 Å². The summed E-state index contributed by atoms with van der Waals surface area (Å²) in [6, 6.07) is 4.53. The Labute approximate surface area is 80.1 Å². The zero-order valence-electron chi connectivity index (χ0n) is 7.31. The normalized spacial score (nSPS) is 9.69. The van der Waals surface area contributed by atoms with Crippen LogP contribution in [-0.4, -0.2) is 18.3 Å². The first-order valence-corrected chi connectivity index (χ1v) is 4.78. The van der Waals surface area contributed by atoms with Gasteiger partial charge in [-0.1, -0.05) is 0 Å². The van der Waals surface area contributed by atoms with Crippen molar-refractivity contribution < 1.29 is 9.66 Å². The fraction of sp³-hybridized carbons (Fsp3) is 0.250. The summed E-state index contributed by atoms with van der Waals surface area (Å²) in [7, 11) is 1.54. The molecular formula is C8H9NO3S. The van der Waals surface area contributed by atoms with Crippen LogP contribution in [0.5, 0.6) is 5.75 Å². The number of rotatable bonds is 3. The predicted octanol–water partition coefficient (Wildman–Crippen LogP) is 2.33. The molecule has 0 bridgehead atoms. The highest BCUT2D eigenvalue weighted by atomic mass is 32.2. The van der Waals surface area contributed by atoms with Gasteiger partial charge in [-0.2, -0.15) is 0 Å². The standard InChI is InChI=1S/C8H9NO3S/c1-12-7-4-3-6(9(10)11)5-8(7)13-2/h3-5H,1-2H3. The van der Waals surface area contributed by atoms with Crippen LogP contribution in [0.15, 0.2) is 23.1 Å². The maximum atomic E-state index is 10.4. The number of nitrogens with zero attached hydrogens (tertiary/aromatic N) is 1. The summed E-state index contributed by atoms with van der Waals surface area (Å²) in [4.78, 5) is 10.8. The second-order valence-corrected chi connectivity index (χ2v) is 3.14. The molecule has 0 N–H and O–H groups in total. The molecular weight excluding hydrogens is 190 g/mol. The van der Waals surface area contributed by atoms with Crippen LogP contribution in [0, 0.1) is 10.1 Å². The molecule has 0 aromatic heterocycles. The molecule has 0 atom stereocenters. The summed E-state index contributed by atoms with van der Waals surface area (Å²) in [5.41, 5.74) is 0.0881. The van der Waals surface area contributed by atoms with Crippen molar-refractivity contribution in [3.05, 3.63) is 28.3 Å². The first-order valence-electron chi connectivity index (χ1n) is 3.55. The van der Waals surface area contributed by atoms with Gasteiger partial charge in [-0.25, -0.2) is 0 Å². The van der Waals surface area contributed by atoms with E-state index in [-0.39, 0.29) is 5.69 Å². The molecule has 0 aliphatic heterocycles. The Hall–Kier alpha value is -1.23. The molecule has 0 saturated carbocycles. The first kappa shape index (κ1) is 9.85. The van der Waals surface area contributed by atoms with E-state index in [2.05, 4.69) is 0 Å². The number of thioether (sulfide) groups is 1. The number of nitro benzene ring substituents is 1. The van der Waals surface area contributed by atoms with Gasteiger partial charge in [0, 0.05) is 12.1 Å². The third-order valence-electron chi connectivity index (χ3n) is 1.58. The van der Waals surface area contributed by atoms with E-state index in [1.165, 1.54) is 23.9 Å². The largest absolute Gasteiger partial charge is 0.496 e. The lowest BCUT2D eigenvalue weighted by Crippen LogP contribution is -1.90. The minimum absolute atomic E-state index is 0.0881. The van der Waals surface area contributed by atoms with E-state index in [4.69, 9.17) is 4.74 Å². The Kier molecular flexibility index (Phi) is 3.13. The molecule has 1 aromatic carbocycles. The highest BCUT2D eigenvalue weighted by molar-refractivity contribution is 7.98. The van der Waals surface area contributed by atoms with Crippen LogP contribution in [0.3, 0.4) is 0 Å². The van der Waals surface area contributed by atoms with Gasteiger partial charge >= 0.3 is 0 Å². The summed E-state index contributed by atoms with van der Waals surface area (Å²) in [5, 5.41) is 10.4. The van der Waals surface area contributed by atoms with Crippen molar-refractivity contribution in [2.75, 3.05) is 13.4 Å². The molecule has 0 saturated heterocycles. The number of ether oxygens (including phenoxy) is 1. The van der Waals surface area contributed by atoms with Crippen molar-refractivity contribution >= 4 is 17.4 Å². The molecule has 0 heterocycles. The molecule has 1 aromatic rings. The van der Waals surface area contributed by atoms with Crippen LogP contribution < -0.4 is 4.74 Å². The molecule has 0 unspecified atom stereocenters. The number of hydrogen-bond donors (Lipinski definition) is 0. The van der Waals surface area contributed by atoms with E-state index in [0.717, 1.165) is 4.90 Å². The van der Waals surface area contributed by atoms with Crippen LogP contribution in [0.2, 0.25) is 0 Å². The van der Waals surface area contributed by atoms with E-state index in [9.17, 15) is 10.1 Å². The Morgan fingerprint density at radius 1 is 1.54 bits per heavy atom. The zero-order chi connectivity index (χ0) is 9.84. The summed E-state index contributed by atoms with van der Waals surface area (Å²) in [6.45, 7) is 0. The van der Waals surface area contributed by atoms with Crippen LogP contribution in [0.25, 0.3) is 0 Å². The summed E-state index contributed by atoms with van der Waals surface area (Å²) < 4.78 is 5.03. The quantitative estimate of drug-likeness (QED) is 0.426. The minimum Gasteiger partial charge on any atom is -0.496 e. The molecule has 70 valence electrons. The monoisotopic (exact) mass is 199 g/mol. The number of nitro groups is 1. The van der Waals surface area contributed by atoms with Crippen molar-refractivity contribution in [3.8, 4) is 5.75 Å². The van der Waals surface area contributed by atoms with E-state index in [1.54, 1.807) is 13.2 Å². The fourth-order valence-corrected chi connectivity index (χ4v) is 1.53. The molecule has 0 radical (unpaired) electrons. The summed E-state index contributed by atoms with van der Waals surface area (Å²) in [6.07, 6.45) is 1.85. The second-order valence-electron chi connectivity index (χ2n) is 2.30. The maximum Gasteiger partial charge on any atom is 0.270 e. The smallest absolute Gasteiger partial charge is 0.270 e. The molecule has 5 heteroatoms. The van der Waals surface area contributed by atoms with Gasteiger partial charge in [0.15, 0.2) is 0 Å². The summed E-state index contributed by atoms with van der Waals surface area (Å²) >= 11 is 1.42. The third-order valence-corrected chi connectivity index (χ3v) is 2.34. The lowest BCUT2D eigenvalue weighted by molar-refractivity contribution is -0.385. The molecule has 4 nitrogen and oxygen atoms in total. The van der Waals surface area contributed by atoms with E-state index in [0.29, 0.717) is 5.75 Å². The van der Waals surface area contributed by atoms with Gasteiger partial charge in [0.1, 0.15) is 5.75 Å². The van der Waals surface area contributed by atoms with Gasteiger partial charge in [-0.3, -0.25) is 10.1 Å². The molecule has 0 fully saturated rings. The lowest BCUT2D eigenvalue weighted by Gasteiger charge is -2.04. The average Bonchev–Trinajstić information content (AvgIpc) is 2.16. The van der Waals surface area contributed by atoms with Crippen molar-refractivity contribution in [1.29, 1.82) is 0 Å². The van der Waals surface area contributed by atoms with Crippen molar-refractivity contribution in [1.82, 2.24) is 0 Å². The molecule has 0 amide bonds. The molecule has 1 rings (SSSR count). The Morgan fingerprint density at radius 2 is 2.23 bits per heavy atom. The minimum atomic E-state index is -0.418. The van der Waals surface area contributed by atoms with E-state index < -0.39 is 4.92 Å². The Balaban J connectivity index is 3.13. The Bertz CT molecular complexity index is 327. The number of non-ortho nitro benzene ring substituents is 1. The average molecular weight is 199 g/mol. The van der Waals surface area contributed by atoms with Crippen LogP contribution >= 0.6 is 11.8 Å². The van der Waals surface area contributed by atoms with Crippen LogP contribution in [0.4, 0.5) is 5.69 Å². The number of benzene rings is 1. The molecule has 13 heavy (non-hydrogen) atoms. The van der Waals surface area contributed by atoms with Crippen LogP contribution in [0.1, 0.15) is 0 Å². The third kappa shape index (κ3) is 2.12. The van der Waals surface area contributed by atoms with Gasteiger partial charge < -0.3 is 4.74 Å². The van der Waals surface area contributed by atoms with Gasteiger partial charge in [-0.05, 0) is 12.3 Å². The highest BCUT2D eigenvalue weighted by Crippen LogP contribution is 2.30. The highest BCUT2D eigenvalue weighted by Gasteiger charge is 2.09. The number of hydrogen-bond acceptors (Lipinski definition) is 4.